The van der Waals surface area contributed by atoms with E-state index in [1.54, 1.807) is 0 Å². The summed E-state index contributed by atoms with van der Waals surface area (Å²) in [6.07, 6.45) is 1.18. The molecule has 40 heavy (non-hydrogen) atoms. The number of esters is 1. The van der Waals surface area contributed by atoms with Crippen LogP contribution < -0.4 is 4.90 Å². The van der Waals surface area contributed by atoms with Crippen molar-refractivity contribution in [3.63, 3.8) is 0 Å². The van der Waals surface area contributed by atoms with Crippen molar-refractivity contribution in [2.24, 2.45) is 0 Å². The van der Waals surface area contributed by atoms with Gasteiger partial charge in [0.25, 0.3) is 0 Å². The van der Waals surface area contributed by atoms with Gasteiger partial charge in [-0.2, -0.15) is 5.10 Å². The Kier molecular flexibility index (Phi) is 6.37. The number of benzene rings is 2. The number of rotatable bonds is 6. The highest BCUT2D eigenvalue weighted by Gasteiger charge is 2.44. The van der Waals surface area contributed by atoms with Crippen LogP contribution in [-0.4, -0.2) is 59.0 Å². The first kappa shape index (κ1) is 25.0. The fourth-order valence-corrected chi connectivity index (χ4v) is 5.87. The zero-order chi connectivity index (χ0) is 27.2. The van der Waals surface area contributed by atoms with Crippen molar-refractivity contribution in [3.05, 3.63) is 88.8 Å². The van der Waals surface area contributed by atoms with Gasteiger partial charge in [0.15, 0.2) is 10.8 Å². The molecular formula is C31H28ClN5O3. The summed E-state index contributed by atoms with van der Waals surface area (Å²) < 4.78 is 12.3. The molecule has 0 N–H and O–H groups in total. The maximum Gasteiger partial charge on any atom is 0.309 e. The van der Waals surface area contributed by atoms with Crippen LogP contribution in [0, 0.1) is 0 Å². The van der Waals surface area contributed by atoms with Gasteiger partial charge in [0.05, 0.1) is 49.3 Å². The molecule has 1 saturated heterocycles. The number of carbonyl (C=O) groups is 1. The maximum atomic E-state index is 11.8. The lowest BCUT2D eigenvalue weighted by Gasteiger charge is -2.28. The van der Waals surface area contributed by atoms with E-state index in [1.807, 2.05) is 47.0 Å². The quantitative estimate of drug-likeness (QED) is 0.260. The van der Waals surface area contributed by atoms with Crippen LogP contribution in [0.25, 0.3) is 27.8 Å². The van der Waals surface area contributed by atoms with Crippen molar-refractivity contribution >= 4 is 39.8 Å². The molecule has 2 atom stereocenters. The smallest absolute Gasteiger partial charge is 0.309 e. The van der Waals surface area contributed by atoms with Crippen LogP contribution in [0.2, 0.25) is 5.15 Å². The molecule has 1 aliphatic heterocycles. The SMILES string of the molecule is COC(=O)Cc1ccc(-c2c(C3CC3c3ccc4ccccc4n3)nc3c(N4CCOCC4)cc(Cl)nn23)cc1. The molecule has 202 valence electrons. The van der Waals surface area contributed by atoms with Gasteiger partial charge in [0.1, 0.15) is 0 Å². The number of methoxy groups -OCH3 is 1. The van der Waals surface area contributed by atoms with Gasteiger partial charge in [-0.1, -0.05) is 60.1 Å². The van der Waals surface area contributed by atoms with Crippen LogP contribution in [0.5, 0.6) is 0 Å². The van der Waals surface area contributed by atoms with Gasteiger partial charge >= 0.3 is 5.97 Å². The summed E-state index contributed by atoms with van der Waals surface area (Å²) in [7, 11) is 1.40. The van der Waals surface area contributed by atoms with E-state index in [2.05, 4.69) is 29.2 Å². The highest BCUT2D eigenvalue weighted by atomic mass is 35.5. The maximum absolute atomic E-state index is 11.8. The minimum absolute atomic E-state index is 0.205. The number of aromatic nitrogens is 4. The van der Waals surface area contributed by atoms with Gasteiger partial charge in [-0.05, 0) is 24.1 Å². The Morgan fingerprint density at radius 3 is 2.62 bits per heavy atom. The second-order valence-corrected chi connectivity index (χ2v) is 10.7. The van der Waals surface area contributed by atoms with E-state index in [-0.39, 0.29) is 24.2 Å². The van der Waals surface area contributed by atoms with E-state index in [9.17, 15) is 4.79 Å². The molecule has 0 amide bonds. The Morgan fingerprint density at radius 1 is 1.02 bits per heavy atom. The molecule has 7 rings (SSSR count). The first-order chi connectivity index (χ1) is 19.6. The third-order valence-electron chi connectivity index (χ3n) is 7.86. The predicted molar refractivity (Wildman–Crippen MR) is 154 cm³/mol. The fraction of sp³-hybridized carbons (Fsp3) is 0.290. The van der Waals surface area contributed by atoms with Gasteiger partial charge in [0, 0.05) is 47.6 Å². The molecular weight excluding hydrogens is 526 g/mol. The predicted octanol–water partition coefficient (Wildman–Crippen LogP) is 5.42. The highest BCUT2D eigenvalue weighted by Crippen LogP contribution is 2.56. The van der Waals surface area contributed by atoms with Gasteiger partial charge in [-0.25, -0.2) is 9.50 Å². The van der Waals surface area contributed by atoms with Crippen LogP contribution in [0.4, 0.5) is 5.69 Å². The number of halogens is 1. The molecule has 9 heteroatoms. The number of hydrogen-bond acceptors (Lipinski definition) is 7. The summed E-state index contributed by atoms with van der Waals surface area (Å²) in [6, 6.07) is 22.3. The molecule has 2 aliphatic rings. The van der Waals surface area contributed by atoms with Crippen LogP contribution in [0.1, 0.15) is 35.2 Å². The highest BCUT2D eigenvalue weighted by molar-refractivity contribution is 6.29. The fourth-order valence-electron chi connectivity index (χ4n) is 5.69. The minimum Gasteiger partial charge on any atom is -0.469 e. The largest absolute Gasteiger partial charge is 0.469 e. The normalized spacial score (nSPS) is 18.8. The van der Waals surface area contributed by atoms with Gasteiger partial charge in [-0.15, -0.1) is 0 Å². The third-order valence-corrected chi connectivity index (χ3v) is 8.04. The summed E-state index contributed by atoms with van der Waals surface area (Å²) >= 11 is 6.61. The van der Waals surface area contributed by atoms with E-state index < -0.39 is 0 Å². The van der Waals surface area contributed by atoms with Crippen molar-refractivity contribution in [2.75, 3.05) is 38.3 Å². The number of para-hydroxylation sites is 1. The molecule has 1 saturated carbocycles. The minimum atomic E-state index is -0.268. The molecule has 0 spiro atoms. The van der Waals surface area contributed by atoms with Crippen molar-refractivity contribution < 1.29 is 14.3 Å². The van der Waals surface area contributed by atoms with Crippen molar-refractivity contribution in [1.82, 2.24) is 19.6 Å². The standard InChI is InChI=1S/C31H28ClN5O3/c1-39-28(38)16-19-6-8-21(9-7-19)30-29(23-17-22(23)25-11-10-20-4-2-3-5-24(20)33-25)34-31-26(18-27(32)35-37(30)31)36-12-14-40-15-13-36/h2-11,18,22-23H,12-17H2,1H3. The molecule has 2 fully saturated rings. The second kappa shape index (κ2) is 10.2. The third kappa shape index (κ3) is 4.57. The Morgan fingerprint density at radius 2 is 1.82 bits per heavy atom. The Balaban J connectivity index is 1.33. The number of hydrogen-bond donors (Lipinski definition) is 0. The molecule has 5 aromatic rings. The number of pyridine rings is 1. The number of imidazole rings is 1. The zero-order valence-electron chi connectivity index (χ0n) is 22.1. The number of fused-ring (bicyclic) bond motifs is 2. The zero-order valence-corrected chi connectivity index (χ0v) is 22.8. The molecule has 0 radical (unpaired) electrons. The molecule has 3 aromatic heterocycles. The number of ether oxygens (including phenoxy) is 2. The van der Waals surface area contributed by atoms with E-state index in [0.29, 0.717) is 18.4 Å². The summed E-state index contributed by atoms with van der Waals surface area (Å²) in [5.41, 5.74) is 7.59. The van der Waals surface area contributed by atoms with Crippen LogP contribution >= 0.6 is 11.6 Å². The Bertz CT molecular complexity index is 1730. The Hall–Kier alpha value is -4.01. The van der Waals surface area contributed by atoms with Gasteiger partial charge in [0.2, 0.25) is 0 Å². The van der Waals surface area contributed by atoms with Crippen molar-refractivity contribution in [1.29, 1.82) is 0 Å². The lowest BCUT2D eigenvalue weighted by Crippen LogP contribution is -2.36. The van der Waals surface area contributed by atoms with Crippen LogP contribution in [0.15, 0.2) is 66.7 Å². The summed E-state index contributed by atoms with van der Waals surface area (Å²) in [5.74, 6) is 0.209. The van der Waals surface area contributed by atoms with Crippen molar-refractivity contribution in [2.45, 2.75) is 24.7 Å². The number of anilines is 1. The molecule has 1 aliphatic carbocycles. The Labute approximate surface area is 236 Å². The second-order valence-electron chi connectivity index (χ2n) is 10.4. The molecule has 0 bridgehead atoms. The van der Waals surface area contributed by atoms with E-state index in [1.165, 1.54) is 7.11 Å². The number of carbonyl (C=O) groups excluding carboxylic acids is 1. The topological polar surface area (TPSA) is 81.8 Å². The molecule has 2 aromatic carbocycles. The summed E-state index contributed by atoms with van der Waals surface area (Å²) in [6.45, 7) is 2.85. The molecule has 4 heterocycles. The first-order valence-corrected chi connectivity index (χ1v) is 13.9. The summed E-state index contributed by atoms with van der Waals surface area (Å²) in [5, 5.41) is 6.28. The monoisotopic (exact) mass is 553 g/mol. The van der Waals surface area contributed by atoms with Gasteiger partial charge in [-0.3, -0.25) is 9.78 Å². The lowest BCUT2D eigenvalue weighted by atomic mass is 10.0. The number of morpholine rings is 1. The number of nitrogens with zero attached hydrogens (tertiary/aromatic N) is 5. The average Bonchev–Trinajstić information content (AvgIpc) is 3.71. The molecule has 2 unspecified atom stereocenters. The lowest BCUT2D eigenvalue weighted by molar-refractivity contribution is -0.139. The van der Waals surface area contributed by atoms with E-state index in [0.717, 1.165) is 70.0 Å². The average molecular weight is 554 g/mol. The van der Waals surface area contributed by atoms with Crippen molar-refractivity contribution in [3.8, 4) is 11.3 Å². The molecule has 8 nitrogen and oxygen atoms in total. The van der Waals surface area contributed by atoms with E-state index in [4.69, 9.17) is 36.1 Å². The summed E-state index contributed by atoms with van der Waals surface area (Å²) in [4.78, 5) is 24.3. The first-order valence-electron chi connectivity index (χ1n) is 13.5. The van der Waals surface area contributed by atoms with Crippen LogP contribution in [-0.2, 0) is 20.7 Å². The van der Waals surface area contributed by atoms with Gasteiger partial charge < -0.3 is 14.4 Å². The van der Waals surface area contributed by atoms with Crippen LogP contribution in [0.3, 0.4) is 0 Å². The van der Waals surface area contributed by atoms with E-state index >= 15 is 0 Å².